The third kappa shape index (κ3) is 6.14. The molecule has 0 N–H and O–H groups in total. The molecule has 3 rings (SSSR count). The van der Waals surface area contributed by atoms with Gasteiger partial charge in [-0.1, -0.05) is 61.0 Å². The van der Waals surface area contributed by atoms with Gasteiger partial charge in [0, 0.05) is 5.54 Å². The number of benzene rings is 2. The van der Waals surface area contributed by atoms with Crippen molar-refractivity contribution in [2.45, 2.75) is 51.9 Å². The summed E-state index contributed by atoms with van der Waals surface area (Å²) in [7, 11) is 0. The summed E-state index contributed by atoms with van der Waals surface area (Å²) in [6.07, 6.45) is 11.0. The van der Waals surface area contributed by atoms with E-state index >= 15 is 0 Å². The second-order valence-corrected chi connectivity index (χ2v) is 7.96. The molecule has 1 aliphatic rings. The molecule has 0 aromatic heterocycles. The van der Waals surface area contributed by atoms with Crippen LogP contribution in [0, 0.1) is 11.8 Å². The minimum atomic E-state index is 0.705. The monoisotopic (exact) mass is 382 g/mol. The first kappa shape index (κ1) is 20.0. The van der Waals surface area contributed by atoms with Crippen LogP contribution in [0.1, 0.15) is 51.0 Å². The van der Waals surface area contributed by atoms with Crippen LogP contribution in [0.2, 0.25) is 0 Å². The lowest BCUT2D eigenvalue weighted by atomic mass is 9.79. The molecule has 1 fully saturated rings. The Balaban J connectivity index is 1.49. The second kappa shape index (κ2) is 10.6. The Hall–Kier alpha value is -1.73. The van der Waals surface area contributed by atoms with Crippen LogP contribution in [-0.2, 0) is 6.42 Å². The van der Waals surface area contributed by atoms with Crippen molar-refractivity contribution in [2.75, 3.05) is 6.61 Å². The van der Waals surface area contributed by atoms with Gasteiger partial charge >= 0.3 is 0 Å². The van der Waals surface area contributed by atoms with Gasteiger partial charge in [0.2, 0.25) is 0 Å². The number of ether oxygens (including phenoxy) is 1. The van der Waals surface area contributed by atoms with Crippen LogP contribution in [0.15, 0.2) is 60.1 Å². The van der Waals surface area contributed by atoms with Crippen molar-refractivity contribution >= 4 is 11.6 Å². The van der Waals surface area contributed by atoms with E-state index in [-0.39, 0.29) is 0 Å². The molecular formula is C25H31ClO. The molecule has 1 saturated carbocycles. The van der Waals surface area contributed by atoms with Gasteiger partial charge in [0.1, 0.15) is 5.75 Å². The van der Waals surface area contributed by atoms with Crippen molar-refractivity contribution < 1.29 is 4.74 Å². The van der Waals surface area contributed by atoms with E-state index in [1.165, 1.54) is 55.2 Å². The lowest BCUT2D eigenvalue weighted by Crippen LogP contribution is -2.13. The number of halogens is 1. The maximum atomic E-state index is 5.71. The molecule has 2 heteroatoms. The minimum absolute atomic E-state index is 0.705. The Morgan fingerprint density at radius 2 is 1.56 bits per heavy atom. The quantitative estimate of drug-likeness (QED) is 0.455. The lowest BCUT2D eigenvalue weighted by molar-refractivity contribution is 0.296. The molecule has 0 unspecified atom stereocenters. The summed E-state index contributed by atoms with van der Waals surface area (Å²) >= 11 is 5.71. The van der Waals surface area contributed by atoms with Gasteiger partial charge in [0.05, 0.1) is 6.61 Å². The molecule has 1 aliphatic carbocycles. The van der Waals surface area contributed by atoms with Gasteiger partial charge in [-0.15, -0.1) is 0 Å². The SMILES string of the molecule is CCCOc1ccc(-c2ccc(CCC3CCC(C=CCl)CC3)cc2)cc1. The highest BCUT2D eigenvalue weighted by atomic mass is 35.5. The van der Waals surface area contributed by atoms with Crippen LogP contribution in [-0.4, -0.2) is 6.61 Å². The first-order chi connectivity index (χ1) is 13.3. The third-order valence-corrected chi connectivity index (χ3v) is 5.84. The highest BCUT2D eigenvalue weighted by molar-refractivity contribution is 6.25. The first-order valence-electron chi connectivity index (χ1n) is 10.4. The molecule has 0 spiro atoms. The van der Waals surface area contributed by atoms with Crippen LogP contribution in [0.3, 0.4) is 0 Å². The Labute approximate surface area is 169 Å². The standard InChI is InChI=1S/C25H31ClO/c1-2-19-27-25-15-13-24(14-16-25)23-11-9-21(10-12-23)4-3-20-5-7-22(8-6-20)17-18-26/h9-18,20,22H,2-8,19H2,1H3. The van der Waals surface area contributed by atoms with Gasteiger partial charge < -0.3 is 4.74 Å². The molecule has 0 aliphatic heterocycles. The van der Waals surface area contributed by atoms with Crippen molar-refractivity contribution in [3.05, 3.63) is 65.7 Å². The molecule has 0 atom stereocenters. The molecule has 2 aromatic rings. The second-order valence-electron chi connectivity index (χ2n) is 7.71. The first-order valence-corrected chi connectivity index (χ1v) is 10.8. The average molecular weight is 383 g/mol. The molecule has 0 saturated heterocycles. The molecule has 0 amide bonds. The van der Waals surface area contributed by atoms with E-state index in [0.29, 0.717) is 5.92 Å². The number of rotatable bonds is 8. The fourth-order valence-corrected chi connectivity index (χ4v) is 4.18. The predicted molar refractivity (Wildman–Crippen MR) is 116 cm³/mol. The van der Waals surface area contributed by atoms with E-state index in [1.807, 2.05) is 0 Å². The van der Waals surface area contributed by atoms with Crippen LogP contribution >= 0.6 is 11.6 Å². The van der Waals surface area contributed by atoms with Crippen molar-refractivity contribution in [2.24, 2.45) is 11.8 Å². The van der Waals surface area contributed by atoms with E-state index in [4.69, 9.17) is 16.3 Å². The molecule has 0 bridgehead atoms. The van der Waals surface area contributed by atoms with Crippen LogP contribution in [0.25, 0.3) is 11.1 Å². The summed E-state index contributed by atoms with van der Waals surface area (Å²) in [6, 6.07) is 17.5. The van der Waals surface area contributed by atoms with Crippen LogP contribution < -0.4 is 4.74 Å². The Kier molecular flexibility index (Phi) is 7.83. The van der Waals surface area contributed by atoms with Crippen molar-refractivity contribution in [3.8, 4) is 16.9 Å². The molecule has 0 radical (unpaired) electrons. The highest BCUT2D eigenvalue weighted by Gasteiger charge is 2.19. The van der Waals surface area contributed by atoms with E-state index < -0.39 is 0 Å². The number of aryl methyl sites for hydroxylation is 1. The number of allylic oxidation sites excluding steroid dienone is 1. The topological polar surface area (TPSA) is 9.23 Å². The summed E-state index contributed by atoms with van der Waals surface area (Å²) in [5.74, 6) is 2.53. The van der Waals surface area contributed by atoms with Crippen molar-refractivity contribution in [3.63, 3.8) is 0 Å². The fourth-order valence-electron chi connectivity index (χ4n) is 3.97. The molecule has 27 heavy (non-hydrogen) atoms. The molecular weight excluding hydrogens is 352 g/mol. The van der Waals surface area contributed by atoms with E-state index in [1.54, 1.807) is 5.54 Å². The maximum absolute atomic E-state index is 5.71. The molecule has 2 aromatic carbocycles. The van der Waals surface area contributed by atoms with E-state index in [0.717, 1.165) is 24.7 Å². The molecule has 144 valence electrons. The van der Waals surface area contributed by atoms with Crippen molar-refractivity contribution in [1.82, 2.24) is 0 Å². The Morgan fingerprint density at radius 3 is 2.15 bits per heavy atom. The summed E-state index contributed by atoms with van der Waals surface area (Å²) in [4.78, 5) is 0. The highest BCUT2D eigenvalue weighted by Crippen LogP contribution is 2.32. The molecule has 0 heterocycles. The van der Waals surface area contributed by atoms with Gasteiger partial charge in [0.25, 0.3) is 0 Å². The van der Waals surface area contributed by atoms with Gasteiger partial charge in [-0.3, -0.25) is 0 Å². The van der Waals surface area contributed by atoms with Gasteiger partial charge in [0.15, 0.2) is 0 Å². The van der Waals surface area contributed by atoms with Gasteiger partial charge in [-0.25, -0.2) is 0 Å². The summed E-state index contributed by atoms with van der Waals surface area (Å²) in [5.41, 5.74) is 5.66. The lowest BCUT2D eigenvalue weighted by Gasteiger charge is -2.26. The van der Waals surface area contributed by atoms with Crippen LogP contribution in [0.4, 0.5) is 0 Å². The third-order valence-electron chi connectivity index (χ3n) is 5.69. The van der Waals surface area contributed by atoms with Gasteiger partial charge in [-0.05, 0) is 85.6 Å². The zero-order valence-corrected chi connectivity index (χ0v) is 17.1. The van der Waals surface area contributed by atoms with Crippen LogP contribution in [0.5, 0.6) is 5.75 Å². The summed E-state index contributed by atoms with van der Waals surface area (Å²) < 4.78 is 5.66. The summed E-state index contributed by atoms with van der Waals surface area (Å²) in [6.45, 7) is 2.90. The zero-order chi connectivity index (χ0) is 18.9. The predicted octanol–water partition coefficient (Wildman–Crippen LogP) is 7.63. The average Bonchev–Trinajstić information content (AvgIpc) is 2.73. The fraction of sp³-hybridized carbons (Fsp3) is 0.440. The Morgan fingerprint density at radius 1 is 0.926 bits per heavy atom. The smallest absolute Gasteiger partial charge is 0.119 e. The van der Waals surface area contributed by atoms with Crippen molar-refractivity contribution in [1.29, 1.82) is 0 Å². The maximum Gasteiger partial charge on any atom is 0.119 e. The summed E-state index contributed by atoms with van der Waals surface area (Å²) in [5, 5.41) is 0. The number of hydrogen-bond donors (Lipinski definition) is 0. The Bertz CT molecular complexity index is 694. The van der Waals surface area contributed by atoms with E-state index in [9.17, 15) is 0 Å². The largest absolute Gasteiger partial charge is 0.494 e. The van der Waals surface area contributed by atoms with Gasteiger partial charge in [-0.2, -0.15) is 0 Å². The minimum Gasteiger partial charge on any atom is -0.494 e. The normalized spacial score (nSPS) is 20.1. The number of hydrogen-bond acceptors (Lipinski definition) is 1. The zero-order valence-electron chi connectivity index (χ0n) is 16.4. The van der Waals surface area contributed by atoms with E-state index in [2.05, 4.69) is 61.5 Å². The molecule has 1 nitrogen and oxygen atoms in total.